The molecule has 3 atom stereocenters. The van der Waals surface area contributed by atoms with Crippen LogP contribution in [0.1, 0.15) is 0 Å². The van der Waals surface area contributed by atoms with Crippen LogP contribution >= 0.6 is 0 Å². The van der Waals surface area contributed by atoms with Crippen molar-refractivity contribution in [3.8, 4) is 0 Å². The first-order valence-electron chi connectivity index (χ1n) is 4.68. The van der Waals surface area contributed by atoms with Gasteiger partial charge in [-0.3, -0.25) is 4.79 Å². The lowest BCUT2D eigenvalue weighted by atomic mass is 10.0. The molecule has 1 rings (SSSR count). The van der Waals surface area contributed by atoms with Crippen LogP contribution in [0.4, 0.5) is 13.2 Å². The molecule has 1 aliphatic heterocycles. The van der Waals surface area contributed by atoms with Gasteiger partial charge in [0, 0.05) is 6.04 Å². The third kappa shape index (κ3) is 3.32. The second-order valence-electron chi connectivity index (χ2n) is 3.61. The number of halogens is 3. The van der Waals surface area contributed by atoms with Crippen molar-refractivity contribution in [2.75, 3.05) is 19.8 Å². The van der Waals surface area contributed by atoms with Crippen molar-refractivity contribution < 1.29 is 27.8 Å². The minimum Gasteiger partial charge on any atom is -0.382 e. The number of hydrogen-bond donors (Lipinski definition) is 3. The summed E-state index contributed by atoms with van der Waals surface area (Å²) in [5.41, 5.74) is 5.50. The van der Waals surface area contributed by atoms with Gasteiger partial charge in [-0.2, -0.15) is 13.2 Å². The normalized spacial score (nSPS) is 27.8. The highest BCUT2D eigenvalue weighted by molar-refractivity contribution is 5.79. The molecule has 1 aliphatic rings. The number of hydrogen-bond acceptors (Lipinski definition) is 4. The summed E-state index contributed by atoms with van der Waals surface area (Å²) in [5.74, 6) is -1.28. The molecular formula is C8H13F3N2O3. The molecule has 0 saturated carbocycles. The Morgan fingerprint density at radius 3 is 2.62 bits per heavy atom. The first-order valence-corrected chi connectivity index (χ1v) is 4.68. The summed E-state index contributed by atoms with van der Waals surface area (Å²) < 4.78 is 40.6. The maximum Gasteiger partial charge on any atom is 0.416 e. The zero-order chi connectivity index (χ0) is 12.3. The molecule has 0 bridgehead atoms. The zero-order valence-electron chi connectivity index (χ0n) is 8.33. The zero-order valence-corrected chi connectivity index (χ0v) is 8.33. The van der Waals surface area contributed by atoms with Crippen molar-refractivity contribution in [2.24, 2.45) is 11.7 Å². The number of ether oxygens (including phenoxy) is 1. The molecule has 1 heterocycles. The van der Waals surface area contributed by atoms with Crippen LogP contribution in [0, 0.1) is 5.92 Å². The van der Waals surface area contributed by atoms with E-state index in [0.717, 1.165) is 0 Å². The number of nitrogens with two attached hydrogens (primary N) is 1. The Morgan fingerprint density at radius 2 is 2.19 bits per heavy atom. The van der Waals surface area contributed by atoms with Crippen LogP contribution in [0.15, 0.2) is 0 Å². The van der Waals surface area contributed by atoms with Crippen LogP contribution in [-0.4, -0.2) is 49.1 Å². The molecule has 94 valence electrons. The van der Waals surface area contributed by atoms with E-state index in [1.165, 1.54) is 0 Å². The Labute approximate surface area is 89.7 Å². The van der Waals surface area contributed by atoms with Gasteiger partial charge in [0.05, 0.1) is 25.7 Å². The van der Waals surface area contributed by atoms with Crippen molar-refractivity contribution in [1.82, 2.24) is 5.32 Å². The highest BCUT2D eigenvalue weighted by atomic mass is 19.4. The lowest BCUT2D eigenvalue weighted by molar-refractivity contribution is -0.202. The summed E-state index contributed by atoms with van der Waals surface area (Å²) in [6.45, 7) is -0.569. The fourth-order valence-corrected chi connectivity index (χ4v) is 1.29. The van der Waals surface area contributed by atoms with Gasteiger partial charge in [0.1, 0.15) is 0 Å². The van der Waals surface area contributed by atoms with Gasteiger partial charge in [0.15, 0.2) is 6.10 Å². The van der Waals surface area contributed by atoms with Gasteiger partial charge in [-0.1, -0.05) is 0 Å². The highest BCUT2D eigenvalue weighted by Crippen LogP contribution is 2.19. The van der Waals surface area contributed by atoms with Crippen molar-refractivity contribution in [2.45, 2.75) is 18.3 Å². The number of nitrogens with one attached hydrogen (secondary N) is 1. The monoisotopic (exact) mass is 242 g/mol. The molecule has 1 saturated heterocycles. The van der Waals surface area contributed by atoms with Crippen LogP contribution in [0.5, 0.6) is 0 Å². The Hall–Kier alpha value is -0.860. The number of alkyl halides is 3. The molecule has 1 fully saturated rings. The number of carbonyl (C=O) groups excluding carboxylic acids is 1. The fraction of sp³-hybridized carbons (Fsp3) is 0.875. The lowest BCUT2D eigenvalue weighted by Gasteiger charge is -2.17. The molecule has 5 nitrogen and oxygen atoms in total. The quantitative estimate of drug-likeness (QED) is 0.592. The Balaban J connectivity index is 2.35. The van der Waals surface area contributed by atoms with Crippen molar-refractivity contribution >= 4 is 5.91 Å². The molecule has 0 aromatic rings. The number of rotatable bonds is 3. The van der Waals surface area contributed by atoms with E-state index in [2.05, 4.69) is 0 Å². The van der Waals surface area contributed by atoms with Gasteiger partial charge >= 0.3 is 6.18 Å². The number of amides is 1. The van der Waals surface area contributed by atoms with Gasteiger partial charge < -0.3 is 20.9 Å². The van der Waals surface area contributed by atoms with Crippen LogP contribution < -0.4 is 11.1 Å². The van der Waals surface area contributed by atoms with E-state index in [1.54, 1.807) is 0 Å². The predicted octanol–water partition coefficient (Wildman–Crippen LogP) is -1.00. The Morgan fingerprint density at radius 1 is 1.56 bits per heavy atom. The fourth-order valence-electron chi connectivity index (χ4n) is 1.29. The van der Waals surface area contributed by atoms with Gasteiger partial charge in [0.25, 0.3) is 0 Å². The topological polar surface area (TPSA) is 84.6 Å². The van der Waals surface area contributed by atoms with E-state index in [9.17, 15) is 18.0 Å². The molecule has 3 unspecified atom stereocenters. The van der Waals surface area contributed by atoms with Crippen LogP contribution in [-0.2, 0) is 9.53 Å². The van der Waals surface area contributed by atoms with Crippen LogP contribution in [0.25, 0.3) is 0 Å². The highest BCUT2D eigenvalue weighted by Gasteiger charge is 2.39. The van der Waals surface area contributed by atoms with Crippen molar-refractivity contribution in [3.63, 3.8) is 0 Å². The summed E-state index contributed by atoms with van der Waals surface area (Å²) in [6.07, 6.45) is -7.29. The van der Waals surface area contributed by atoms with Crippen LogP contribution in [0.2, 0.25) is 0 Å². The molecule has 16 heavy (non-hydrogen) atoms. The Kier molecular flexibility index (Phi) is 4.11. The maximum absolute atomic E-state index is 11.9. The average Bonchev–Trinajstić information content (AvgIpc) is 2.58. The standard InChI is InChI=1S/C8H13F3N2O3/c9-8(10,11)6(14)1-13-7(15)4-2-16-3-5(4)12/h4-6,14H,1-3,12H2,(H,13,15). The predicted molar refractivity (Wildman–Crippen MR) is 47.4 cm³/mol. The molecule has 0 radical (unpaired) electrons. The molecule has 8 heteroatoms. The molecule has 0 aromatic heterocycles. The summed E-state index contributed by atoms with van der Waals surface area (Å²) in [4.78, 5) is 11.3. The number of carbonyl (C=O) groups is 1. The van der Waals surface area contributed by atoms with E-state index in [1.807, 2.05) is 5.32 Å². The second-order valence-corrected chi connectivity index (χ2v) is 3.61. The van der Waals surface area contributed by atoms with E-state index in [0.29, 0.717) is 0 Å². The largest absolute Gasteiger partial charge is 0.416 e. The summed E-state index contributed by atoms with van der Waals surface area (Å²) in [6, 6.07) is -0.511. The third-order valence-electron chi connectivity index (χ3n) is 2.31. The molecular weight excluding hydrogens is 229 g/mol. The molecule has 0 aliphatic carbocycles. The van der Waals surface area contributed by atoms with Gasteiger partial charge in [-0.15, -0.1) is 0 Å². The molecule has 0 spiro atoms. The minimum absolute atomic E-state index is 0.0924. The van der Waals surface area contributed by atoms with Gasteiger partial charge in [-0.05, 0) is 0 Å². The molecule has 1 amide bonds. The van der Waals surface area contributed by atoms with Crippen LogP contribution in [0.3, 0.4) is 0 Å². The first-order chi connectivity index (χ1) is 7.32. The van der Waals surface area contributed by atoms with E-state index in [-0.39, 0.29) is 13.2 Å². The SMILES string of the molecule is NC1COCC1C(=O)NCC(O)C(F)(F)F. The maximum atomic E-state index is 11.9. The summed E-state index contributed by atoms with van der Waals surface area (Å²) >= 11 is 0. The van der Waals surface area contributed by atoms with Crippen molar-refractivity contribution in [3.05, 3.63) is 0 Å². The van der Waals surface area contributed by atoms with Gasteiger partial charge in [-0.25, -0.2) is 0 Å². The van der Waals surface area contributed by atoms with Gasteiger partial charge in [0.2, 0.25) is 5.91 Å². The smallest absolute Gasteiger partial charge is 0.382 e. The molecule has 0 aromatic carbocycles. The third-order valence-corrected chi connectivity index (χ3v) is 2.31. The van der Waals surface area contributed by atoms with Crippen molar-refractivity contribution in [1.29, 1.82) is 0 Å². The van der Waals surface area contributed by atoms with E-state index < -0.39 is 36.7 Å². The van der Waals surface area contributed by atoms with E-state index >= 15 is 0 Å². The number of aliphatic hydroxyl groups excluding tert-OH is 1. The van der Waals surface area contributed by atoms with E-state index in [4.69, 9.17) is 15.6 Å². The second kappa shape index (κ2) is 4.98. The summed E-state index contributed by atoms with van der Waals surface area (Å²) in [7, 11) is 0. The average molecular weight is 242 g/mol. The first kappa shape index (κ1) is 13.2. The summed E-state index contributed by atoms with van der Waals surface area (Å²) in [5, 5.41) is 10.6. The Bertz CT molecular complexity index is 259. The number of aliphatic hydroxyl groups is 1. The minimum atomic E-state index is -4.73. The lowest BCUT2D eigenvalue weighted by Crippen LogP contribution is -2.46. The molecule has 4 N–H and O–H groups in total.